The summed E-state index contributed by atoms with van der Waals surface area (Å²) in [4.78, 5) is 22.4. The first-order valence-corrected chi connectivity index (χ1v) is 3.92. The van der Waals surface area contributed by atoms with Crippen LogP contribution in [0.1, 0.15) is 11.6 Å². The number of H-pyrrole nitrogens is 2. The lowest BCUT2D eigenvalue weighted by Gasteiger charge is -2.36. The van der Waals surface area contributed by atoms with Crippen molar-refractivity contribution in [1.82, 2.24) is 15.1 Å². The van der Waals surface area contributed by atoms with Crippen LogP contribution in [-0.4, -0.2) is 39.4 Å². The van der Waals surface area contributed by atoms with Crippen LogP contribution in [0.5, 0.6) is 0 Å². The highest BCUT2D eigenvalue weighted by molar-refractivity contribution is 5.66. The SMILES string of the molecule is O=C(O)N1CC(c2cc(=O)[nH][nH]2)C1. The maximum atomic E-state index is 10.7. The zero-order chi connectivity index (χ0) is 9.42. The highest BCUT2D eigenvalue weighted by Crippen LogP contribution is 2.23. The largest absolute Gasteiger partial charge is 0.465 e. The lowest BCUT2D eigenvalue weighted by atomic mass is 9.97. The molecule has 1 saturated heterocycles. The molecule has 1 aliphatic rings. The van der Waals surface area contributed by atoms with Gasteiger partial charge in [-0.3, -0.25) is 9.89 Å². The quantitative estimate of drug-likeness (QED) is 0.562. The van der Waals surface area contributed by atoms with E-state index < -0.39 is 6.09 Å². The topological polar surface area (TPSA) is 89.2 Å². The van der Waals surface area contributed by atoms with Gasteiger partial charge in [0.05, 0.1) is 0 Å². The molecule has 0 aromatic carbocycles. The van der Waals surface area contributed by atoms with Gasteiger partial charge in [-0.1, -0.05) is 0 Å². The van der Waals surface area contributed by atoms with Crippen molar-refractivity contribution in [3.05, 3.63) is 22.1 Å². The molecule has 0 spiro atoms. The van der Waals surface area contributed by atoms with E-state index in [1.807, 2.05) is 0 Å². The molecule has 1 aliphatic heterocycles. The molecule has 6 nitrogen and oxygen atoms in total. The maximum Gasteiger partial charge on any atom is 0.407 e. The second-order valence-corrected chi connectivity index (χ2v) is 3.10. The minimum atomic E-state index is -0.908. The van der Waals surface area contributed by atoms with E-state index in [4.69, 9.17) is 5.11 Å². The van der Waals surface area contributed by atoms with E-state index >= 15 is 0 Å². The third-order valence-corrected chi connectivity index (χ3v) is 2.21. The maximum absolute atomic E-state index is 10.7. The first kappa shape index (κ1) is 7.90. The number of nitrogens with one attached hydrogen (secondary N) is 2. The molecular weight excluding hydrogens is 174 g/mol. The van der Waals surface area contributed by atoms with Crippen molar-refractivity contribution in [3.8, 4) is 0 Å². The summed E-state index contributed by atoms with van der Waals surface area (Å²) in [6, 6.07) is 1.46. The van der Waals surface area contributed by atoms with Crippen LogP contribution in [0, 0.1) is 0 Å². The number of carbonyl (C=O) groups is 1. The molecule has 0 radical (unpaired) electrons. The monoisotopic (exact) mass is 183 g/mol. The Balaban J connectivity index is 2.01. The first-order chi connectivity index (χ1) is 6.16. The molecule has 70 valence electrons. The van der Waals surface area contributed by atoms with E-state index in [1.165, 1.54) is 11.0 Å². The average Bonchev–Trinajstić information content (AvgIpc) is 2.31. The van der Waals surface area contributed by atoms with Crippen LogP contribution < -0.4 is 5.56 Å². The number of hydrogen-bond acceptors (Lipinski definition) is 2. The second-order valence-electron chi connectivity index (χ2n) is 3.10. The molecule has 1 aromatic heterocycles. The number of carboxylic acid groups (broad SMARTS) is 1. The Labute approximate surface area is 73.2 Å². The molecule has 1 aromatic rings. The molecule has 1 amide bonds. The number of amides is 1. The highest BCUT2D eigenvalue weighted by atomic mass is 16.4. The molecule has 1 fully saturated rings. The molecule has 0 unspecified atom stereocenters. The molecule has 0 atom stereocenters. The van der Waals surface area contributed by atoms with Gasteiger partial charge in [0.25, 0.3) is 5.56 Å². The van der Waals surface area contributed by atoms with Crippen molar-refractivity contribution in [1.29, 1.82) is 0 Å². The zero-order valence-electron chi connectivity index (χ0n) is 6.78. The fourth-order valence-corrected chi connectivity index (χ4v) is 1.40. The Morgan fingerprint density at radius 1 is 1.54 bits per heavy atom. The third kappa shape index (κ3) is 1.30. The van der Waals surface area contributed by atoms with E-state index in [0.717, 1.165) is 5.69 Å². The Kier molecular flexibility index (Phi) is 1.61. The molecule has 6 heteroatoms. The van der Waals surface area contributed by atoms with Crippen molar-refractivity contribution in [2.45, 2.75) is 5.92 Å². The normalized spacial score (nSPS) is 17.1. The summed E-state index contributed by atoms with van der Waals surface area (Å²) in [6.45, 7) is 0.923. The molecule has 13 heavy (non-hydrogen) atoms. The van der Waals surface area contributed by atoms with Crippen molar-refractivity contribution in [2.75, 3.05) is 13.1 Å². The van der Waals surface area contributed by atoms with Crippen LogP contribution in [0.2, 0.25) is 0 Å². The molecule has 0 bridgehead atoms. The molecule has 2 rings (SSSR count). The van der Waals surface area contributed by atoms with Gasteiger partial charge < -0.3 is 15.1 Å². The second kappa shape index (κ2) is 2.65. The predicted octanol–water partition coefficient (Wildman–Crippen LogP) is -0.220. The molecular formula is C7H9N3O3. The number of nitrogens with zero attached hydrogens (tertiary/aromatic N) is 1. The number of likely N-dealkylation sites (tertiary alicyclic amines) is 1. The summed E-state index contributed by atoms with van der Waals surface area (Å²) >= 11 is 0. The average molecular weight is 183 g/mol. The fourth-order valence-electron chi connectivity index (χ4n) is 1.40. The minimum Gasteiger partial charge on any atom is -0.465 e. The van der Waals surface area contributed by atoms with E-state index in [-0.39, 0.29) is 11.5 Å². The number of hydrogen-bond donors (Lipinski definition) is 3. The van der Waals surface area contributed by atoms with Gasteiger partial charge in [-0.25, -0.2) is 4.79 Å². The molecule has 0 saturated carbocycles. The van der Waals surface area contributed by atoms with Crippen LogP contribution in [0.15, 0.2) is 10.9 Å². The first-order valence-electron chi connectivity index (χ1n) is 3.92. The standard InChI is InChI=1S/C7H9N3O3/c11-6-1-5(8-9-6)4-2-10(3-4)7(12)13/h1,4H,2-3H2,(H,12,13)(H2,8,9,11). The number of rotatable bonds is 1. The van der Waals surface area contributed by atoms with E-state index in [9.17, 15) is 9.59 Å². The van der Waals surface area contributed by atoms with Gasteiger partial charge in [-0.2, -0.15) is 0 Å². The van der Waals surface area contributed by atoms with Crippen LogP contribution in [0.4, 0.5) is 4.79 Å². The van der Waals surface area contributed by atoms with Gasteiger partial charge in [-0.05, 0) is 0 Å². The molecule has 3 N–H and O–H groups in total. The summed E-state index contributed by atoms with van der Waals surface area (Å²) in [5.74, 6) is 0.134. The van der Waals surface area contributed by atoms with Crippen LogP contribution in [-0.2, 0) is 0 Å². The number of aromatic nitrogens is 2. The van der Waals surface area contributed by atoms with E-state index in [1.54, 1.807) is 0 Å². The van der Waals surface area contributed by atoms with Crippen LogP contribution >= 0.6 is 0 Å². The van der Waals surface area contributed by atoms with Crippen molar-refractivity contribution < 1.29 is 9.90 Å². The molecule has 0 aliphatic carbocycles. The van der Waals surface area contributed by atoms with Gasteiger partial charge in [-0.15, -0.1) is 0 Å². The zero-order valence-corrected chi connectivity index (χ0v) is 6.78. The van der Waals surface area contributed by atoms with Gasteiger partial charge in [0, 0.05) is 30.8 Å². The van der Waals surface area contributed by atoms with Crippen LogP contribution in [0.25, 0.3) is 0 Å². The fraction of sp³-hybridized carbons (Fsp3) is 0.429. The summed E-state index contributed by atoms with van der Waals surface area (Å²) in [5.41, 5.74) is 0.603. The van der Waals surface area contributed by atoms with Gasteiger partial charge in [0.2, 0.25) is 0 Å². The van der Waals surface area contributed by atoms with E-state index in [0.29, 0.717) is 13.1 Å². The van der Waals surface area contributed by atoms with E-state index in [2.05, 4.69) is 10.2 Å². The third-order valence-electron chi connectivity index (χ3n) is 2.21. The predicted molar refractivity (Wildman–Crippen MR) is 43.8 cm³/mol. The minimum absolute atomic E-state index is 0.134. The van der Waals surface area contributed by atoms with Gasteiger partial charge in [0.15, 0.2) is 0 Å². The highest BCUT2D eigenvalue weighted by Gasteiger charge is 2.32. The summed E-state index contributed by atoms with van der Waals surface area (Å²) in [5, 5.41) is 13.7. The lowest BCUT2D eigenvalue weighted by Crippen LogP contribution is -2.47. The molecule has 2 heterocycles. The number of aromatic amines is 2. The summed E-state index contributed by atoms with van der Waals surface area (Å²) in [6.07, 6.45) is -0.908. The smallest absolute Gasteiger partial charge is 0.407 e. The summed E-state index contributed by atoms with van der Waals surface area (Å²) < 4.78 is 0. The van der Waals surface area contributed by atoms with Gasteiger partial charge in [0.1, 0.15) is 0 Å². The lowest BCUT2D eigenvalue weighted by molar-refractivity contribution is 0.104. The van der Waals surface area contributed by atoms with Crippen molar-refractivity contribution in [3.63, 3.8) is 0 Å². The Morgan fingerprint density at radius 2 is 2.23 bits per heavy atom. The Bertz CT molecular complexity index is 374. The Morgan fingerprint density at radius 3 is 2.69 bits per heavy atom. The van der Waals surface area contributed by atoms with Crippen molar-refractivity contribution in [2.24, 2.45) is 0 Å². The Hall–Kier alpha value is -1.72. The van der Waals surface area contributed by atoms with Gasteiger partial charge >= 0.3 is 6.09 Å². The summed E-state index contributed by atoms with van der Waals surface area (Å²) in [7, 11) is 0. The van der Waals surface area contributed by atoms with Crippen molar-refractivity contribution >= 4 is 6.09 Å². The van der Waals surface area contributed by atoms with Crippen LogP contribution in [0.3, 0.4) is 0 Å².